The Morgan fingerprint density at radius 2 is 1.61 bits per heavy atom. The van der Waals surface area contributed by atoms with Crippen LogP contribution < -0.4 is 5.56 Å². The Morgan fingerprint density at radius 1 is 0.871 bits per heavy atom. The van der Waals surface area contributed by atoms with Crippen LogP contribution in [0, 0.1) is 0 Å². The van der Waals surface area contributed by atoms with Crippen LogP contribution in [0.2, 0.25) is 0 Å². The number of benzene rings is 2. The highest BCUT2D eigenvalue weighted by Gasteiger charge is 2.24. The van der Waals surface area contributed by atoms with Gasteiger partial charge in [0.05, 0.1) is 11.3 Å². The van der Waals surface area contributed by atoms with E-state index in [9.17, 15) is 13.2 Å². The fourth-order valence-electron chi connectivity index (χ4n) is 4.15. The average Bonchev–Trinajstić information content (AvgIpc) is 3.16. The summed E-state index contributed by atoms with van der Waals surface area (Å²) in [5.74, 6) is 0. The van der Waals surface area contributed by atoms with E-state index in [1.807, 2.05) is 48.5 Å². The highest BCUT2D eigenvalue weighted by Crippen LogP contribution is 2.25. The third-order valence-electron chi connectivity index (χ3n) is 5.79. The smallest absolute Gasteiger partial charge is 0.335 e. The van der Waals surface area contributed by atoms with Crippen molar-refractivity contribution in [3.05, 3.63) is 70.5 Å². The number of para-hydroxylation sites is 1. The molecule has 2 aromatic heterocycles. The maximum absolute atomic E-state index is 12.6. The zero-order chi connectivity index (χ0) is 21.6. The lowest BCUT2D eigenvalue weighted by molar-refractivity contribution is 0.174. The van der Waals surface area contributed by atoms with E-state index >= 15 is 0 Å². The molecule has 31 heavy (non-hydrogen) atoms. The second-order valence-electron chi connectivity index (χ2n) is 7.86. The van der Waals surface area contributed by atoms with Crippen LogP contribution in [0.25, 0.3) is 33.1 Å². The number of H-pyrrole nitrogens is 2. The number of piperazine rings is 1. The Labute approximate surface area is 179 Å². The van der Waals surface area contributed by atoms with Crippen molar-refractivity contribution in [1.29, 1.82) is 0 Å². The predicted octanol–water partition coefficient (Wildman–Crippen LogP) is 2.60. The summed E-state index contributed by atoms with van der Waals surface area (Å²) in [6.07, 6.45) is 0. The molecule has 8 nitrogen and oxygen atoms in total. The van der Waals surface area contributed by atoms with Gasteiger partial charge in [-0.2, -0.15) is 12.7 Å². The van der Waals surface area contributed by atoms with Crippen molar-refractivity contribution in [3.63, 3.8) is 0 Å². The van der Waals surface area contributed by atoms with Crippen LogP contribution in [0.3, 0.4) is 0 Å². The van der Waals surface area contributed by atoms with Crippen LogP contribution in [-0.4, -0.2) is 58.3 Å². The molecule has 5 rings (SSSR count). The van der Waals surface area contributed by atoms with Crippen LogP contribution in [0.15, 0.2) is 59.4 Å². The quantitative estimate of drug-likeness (QED) is 0.424. The highest BCUT2D eigenvalue weighted by molar-refractivity contribution is 7.83. The van der Waals surface area contributed by atoms with E-state index in [1.165, 1.54) is 0 Å². The molecule has 4 aromatic rings. The van der Waals surface area contributed by atoms with Gasteiger partial charge in [-0.05, 0) is 41.3 Å². The number of aromatic amines is 2. The summed E-state index contributed by atoms with van der Waals surface area (Å²) in [7, 11) is -4.12. The summed E-state index contributed by atoms with van der Waals surface area (Å²) in [5.41, 5.74) is 4.08. The van der Waals surface area contributed by atoms with Crippen molar-refractivity contribution in [3.8, 4) is 11.3 Å². The van der Waals surface area contributed by atoms with E-state index < -0.39 is 10.3 Å². The SMILES string of the molecule is O=c1[nH]c2ccccc2cc1-c1cc2cc(CN3CCN(S(=O)(=O)O)CC3)ccc2[nH]1. The standard InChI is InChI=1S/C22H22N4O4S/c27-22-18(12-16-3-1-2-4-19(16)24-22)21-13-17-11-15(5-6-20(17)23-21)14-25-7-9-26(10-8-25)31(28,29)30/h1-6,11-13,23H,7-10,14H2,(H,24,27)(H,28,29,30). The van der Waals surface area contributed by atoms with Crippen LogP contribution >= 0.6 is 0 Å². The summed E-state index contributed by atoms with van der Waals surface area (Å²) in [5, 5.41) is 1.98. The number of nitrogens with zero attached hydrogens (tertiary/aromatic N) is 2. The Balaban J connectivity index is 1.39. The van der Waals surface area contributed by atoms with Gasteiger partial charge in [0, 0.05) is 49.1 Å². The van der Waals surface area contributed by atoms with Crippen LogP contribution in [0.4, 0.5) is 0 Å². The van der Waals surface area contributed by atoms with Gasteiger partial charge in [0.25, 0.3) is 5.56 Å². The minimum absolute atomic E-state index is 0.137. The zero-order valence-corrected chi connectivity index (χ0v) is 17.5. The van der Waals surface area contributed by atoms with Crippen LogP contribution in [-0.2, 0) is 16.8 Å². The molecule has 160 valence electrons. The Bertz CT molecular complexity index is 1430. The lowest BCUT2D eigenvalue weighted by atomic mass is 10.1. The number of rotatable bonds is 4. The molecule has 3 N–H and O–H groups in total. The van der Waals surface area contributed by atoms with Gasteiger partial charge >= 0.3 is 10.3 Å². The predicted molar refractivity (Wildman–Crippen MR) is 120 cm³/mol. The summed E-state index contributed by atoms with van der Waals surface area (Å²) in [6.45, 7) is 2.36. The Kier molecular flexibility index (Phi) is 4.90. The summed E-state index contributed by atoms with van der Waals surface area (Å²) in [4.78, 5) is 21.0. The van der Waals surface area contributed by atoms with E-state index in [2.05, 4.69) is 20.9 Å². The second kappa shape index (κ2) is 7.61. The molecule has 1 aliphatic heterocycles. The summed E-state index contributed by atoms with van der Waals surface area (Å²) >= 11 is 0. The van der Waals surface area contributed by atoms with Gasteiger partial charge in [-0.15, -0.1) is 0 Å². The van der Waals surface area contributed by atoms with Crippen molar-refractivity contribution in [2.24, 2.45) is 0 Å². The Morgan fingerprint density at radius 3 is 2.39 bits per heavy atom. The first kappa shape index (κ1) is 20.0. The number of fused-ring (bicyclic) bond motifs is 2. The number of pyridine rings is 1. The van der Waals surface area contributed by atoms with Crippen molar-refractivity contribution >= 4 is 32.1 Å². The molecule has 1 saturated heterocycles. The number of hydrogen-bond donors (Lipinski definition) is 3. The van der Waals surface area contributed by atoms with Crippen LogP contribution in [0.5, 0.6) is 0 Å². The van der Waals surface area contributed by atoms with E-state index in [4.69, 9.17) is 4.55 Å². The molecule has 2 aromatic carbocycles. The first-order chi connectivity index (χ1) is 14.9. The molecule has 9 heteroatoms. The molecule has 0 unspecified atom stereocenters. The normalized spacial score (nSPS) is 16.3. The third-order valence-corrected chi connectivity index (χ3v) is 6.81. The molecular formula is C22H22N4O4S. The molecular weight excluding hydrogens is 416 g/mol. The molecule has 0 spiro atoms. The van der Waals surface area contributed by atoms with Crippen molar-refractivity contribution in [2.45, 2.75) is 6.54 Å². The second-order valence-corrected chi connectivity index (χ2v) is 9.27. The topological polar surface area (TPSA) is 110 Å². The number of hydrogen-bond acceptors (Lipinski definition) is 4. The third kappa shape index (κ3) is 4.00. The van der Waals surface area contributed by atoms with E-state index in [-0.39, 0.29) is 18.6 Å². The van der Waals surface area contributed by atoms with Crippen molar-refractivity contribution in [1.82, 2.24) is 19.2 Å². The van der Waals surface area contributed by atoms with Crippen molar-refractivity contribution in [2.75, 3.05) is 26.2 Å². The first-order valence-electron chi connectivity index (χ1n) is 10.1. The lowest BCUT2D eigenvalue weighted by Gasteiger charge is -2.32. The summed E-state index contributed by atoms with van der Waals surface area (Å²) < 4.78 is 32.7. The molecule has 1 fully saturated rings. The fraction of sp³-hybridized carbons (Fsp3) is 0.227. The molecule has 1 aliphatic rings. The first-order valence-corrected chi connectivity index (χ1v) is 11.5. The van der Waals surface area contributed by atoms with E-state index in [1.54, 1.807) is 0 Å². The molecule has 0 atom stereocenters. The molecule has 0 aliphatic carbocycles. The number of aromatic nitrogens is 2. The van der Waals surface area contributed by atoms with E-state index in [0.29, 0.717) is 25.2 Å². The van der Waals surface area contributed by atoms with Gasteiger partial charge in [-0.1, -0.05) is 24.3 Å². The monoisotopic (exact) mass is 438 g/mol. The molecule has 0 amide bonds. The van der Waals surface area contributed by atoms with Gasteiger partial charge in [-0.25, -0.2) is 0 Å². The van der Waals surface area contributed by atoms with Gasteiger partial charge in [0.2, 0.25) is 0 Å². The van der Waals surface area contributed by atoms with Gasteiger partial charge in [-0.3, -0.25) is 14.2 Å². The maximum Gasteiger partial charge on any atom is 0.335 e. The maximum atomic E-state index is 12.6. The van der Waals surface area contributed by atoms with Gasteiger partial charge in [0.15, 0.2) is 0 Å². The lowest BCUT2D eigenvalue weighted by Crippen LogP contribution is -2.47. The molecule has 3 heterocycles. The number of nitrogens with one attached hydrogen (secondary N) is 2. The highest BCUT2D eigenvalue weighted by atomic mass is 32.2. The average molecular weight is 439 g/mol. The Hall–Kier alpha value is -2.98. The minimum Gasteiger partial charge on any atom is -0.354 e. The molecule has 0 bridgehead atoms. The minimum atomic E-state index is -4.12. The fourth-order valence-corrected chi connectivity index (χ4v) is 4.77. The largest absolute Gasteiger partial charge is 0.354 e. The van der Waals surface area contributed by atoms with Gasteiger partial charge in [0.1, 0.15) is 0 Å². The summed E-state index contributed by atoms with van der Waals surface area (Å²) in [6, 6.07) is 17.7. The molecule has 0 saturated carbocycles. The van der Waals surface area contributed by atoms with Crippen molar-refractivity contribution < 1.29 is 13.0 Å². The van der Waals surface area contributed by atoms with E-state index in [0.717, 1.165) is 37.4 Å². The zero-order valence-electron chi connectivity index (χ0n) is 16.7. The molecule has 0 radical (unpaired) electrons. The van der Waals surface area contributed by atoms with Crippen LogP contribution in [0.1, 0.15) is 5.56 Å². The van der Waals surface area contributed by atoms with Gasteiger partial charge < -0.3 is 9.97 Å².